The van der Waals surface area contributed by atoms with Crippen LogP contribution in [0.2, 0.25) is 0 Å². The van der Waals surface area contributed by atoms with Crippen LogP contribution in [0.5, 0.6) is 0 Å². The molecule has 25 heavy (non-hydrogen) atoms. The number of hydrogen-bond acceptors (Lipinski definition) is 3. The Labute approximate surface area is 152 Å². The molecule has 0 N–H and O–H groups in total. The Hall–Kier alpha value is -2.70. The fourth-order valence-electron chi connectivity index (χ4n) is 2.47. The number of pyridine rings is 1. The largest absolute Gasteiger partial charge is 0.432 e. The highest BCUT2D eigenvalue weighted by Crippen LogP contribution is 2.29. The third-order valence-electron chi connectivity index (χ3n) is 3.65. The molecule has 4 rings (SSSR count). The molecule has 0 saturated heterocycles. The number of allylic oxidation sites excluding steroid dienone is 7. The van der Waals surface area contributed by atoms with E-state index in [-0.39, 0.29) is 11.8 Å². The first-order chi connectivity index (χ1) is 12.2. The van der Waals surface area contributed by atoms with Crippen molar-refractivity contribution in [2.75, 3.05) is 0 Å². The second-order valence-electron chi connectivity index (χ2n) is 5.27. The van der Waals surface area contributed by atoms with Crippen LogP contribution in [0.1, 0.15) is 4.79 Å². The minimum Gasteiger partial charge on any atom is -0.274 e. The maximum atomic E-state index is 12.2. The zero-order valence-corrected chi connectivity index (χ0v) is 14.7. The lowest BCUT2D eigenvalue weighted by molar-refractivity contribution is -0.607. The van der Waals surface area contributed by atoms with Crippen molar-refractivity contribution < 1.29 is 14.2 Å². The fourth-order valence-corrected chi connectivity index (χ4v) is 4.36. The summed E-state index contributed by atoms with van der Waals surface area (Å²) in [6.45, 7) is 0. The molecule has 0 bridgehead atoms. The molecular weight excluding hydrogens is 352 g/mol. The number of carbonyl (C=O) groups excluding carboxylic acids is 2. The molecule has 0 aliphatic carbocycles. The first kappa shape index (κ1) is 15.8. The van der Waals surface area contributed by atoms with Crippen LogP contribution in [0.25, 0.3) is 0 Å². The molecule has 3 aliphatic rings. The van der Waals surface area contributed by atoms with Crippen LogP contribution in [-0.4, -0.2) is 26.6 Å². The predicted molar refractivity (Wildman–Crippen MR) is 102 cm³/mol. The number of carbonyl (C=O) groups is 2. The van der Waals surface area contributed by atoms with Gasteiger partial charge in [0.1, 0.15) is 9.89 Å². The lowest BCUT2D eigenvalue weighted by Crippen LogP contribution is -2.39. The van der Waals surface area contributed by atoms with Crippen molar-refractivity contribution >= 4 is 44.4 Å². The maximum absolute atomic E-state index is 12.2. The summed E-state index contributed by atoms with van der Waals surface area (Å²) in [5.74, 6) is -0.0334. The molecular formula is C19H13N2O2S2+. The van der Waals surface area contributed by atoms with E-state index < -0.39 is 0 Å². The van der Waals surface area contributed by atoms with Gasteiger partial charge in [0.05, 0.1) is 4.86 Å². The van der Waals surface area contributed by atoms with Crippen LogP contribution in [0.3, 0.4) is 0 Å². The molecule has 1 aromatic heterocycles. The van der Waals surface area contributed by atoms with E-state index in [0.29, 0.717) is 9.77 Å². The fraction of sp³-hybridized carbons (Fsp3) is 0. The van der Waals surface area contributed by atoms with Crippen molar-refractivity contribution in [1.82, 2.24) is 4.90 Å². The second kappa shape index (κ2) is 6.66. The van der Waals surface area contributed by atoms with Crippen LogP contribution >= 0.6 is 22.7 Å². The van der Waals surface area contributed by atoms with Gasteiger partial charge in [-0.15, -0.1) is 15.5 Å². The summed E-state index contributed by atoms with van der Waals surface area (Å²) in [5.41, 5.74) is 0. The first-order valence-corrected chi connectivity index (χ1v) is 9.26. The standard InChI is InChI=1S/C19H13N2O2S2/c22-18-14(24-16-10-4-6-12-20(16)18)8-2-1-3-9-15-19(23)21-13-7-5-11-17(21)25-15/h1-13H/q+1/b2-1+,9-3+,14-8+. The number of thioether (sulfide) groups is 1. The summed E-state index contributed by atoms with van der Waals surface area (Å²) in [7, 11) is 1.45. The maximum Gasteiger partial charge on any atom is 0.432 e. The molecule has 1 aromatic rings. The minimum absolute atomic E-state index is 0.0167. The number of aromatic nitrogens is 1. The third kappa shape index (κ3) is 3.01. The smallest absolute Gasteiger partial charge is 0.274 e. The van der Waals surface area contributed by atoms with Gasteiger partial charge >= 0.3 is 5.91 Å². The van der Waals surface area contributed by atoms with Crippen molar-refractivity contribution in [3.05, 3.63) is 84.1 Å². The SMILES string of the molecule is O=C1C(/C=C/C=C/C=C2/Sc3cccc[n+]3C2=O)=S=C2C=CC=CN12. The van der Waals surface area contributed by atoms with Gasteiger partial charge in [0.25, 0.3) is 10.9 Å². The molecule has 1 amide bonds. The average Bonchev–Trinajstić information content (AvgIpc) is 3.13. The number of nitrogens with zero attached hydrogens (tertiary/aromatic N) is 2. The van der Waals surface area contributed by atoms with Gasteiger partial charge in [-0.05, 0) is 42.1 Å². The Morgan fingerprint density at radius 1 is 1.08 bits per heavy atom. The Morgan fingerprint density at radius 2 is 2.00 bits per heavy atom. The average molecular weight is 365 g/mol. The Balaban J connectivity index is 1.45. The van der Waals surface area contributed by atoms with Crippen molar-refractivity contribution in [1.29, 1.82) is 0 Å². The Bertz CT molecular complexity index is 1010. The topological polar surface area (TPSA) is 41.3 Å². The zero-order chi connectivity index (χ0) is 17.2. The molecule has 4 nitrogen and oxygen atoms in total. The molecule has 3 aliphatic heterocycles. The first-order valence-electron chi connectivity index (χ1n) is 7.62. The Kier molecular flexibility index (Phi) is 4.21. The summed E-state index contributed by atoms with van der Waals surface area (Å²) in [5, 5.41) is 0.918. The van der Waals surface area contributed by atoms with Crippen molar-refractivity contribution in [3.8, 4) is 0 Å². The van der Waals surface area contributed by atoms with Gasteiger partial charge in [0.2, 0.25) is 0 Å². The monoisotopic (exact) mass is 365 g/mol. The highest BCUT2D eigenvalue weighted by Gasteiger charge is 2.34. The summed E-state index contributed by atoms with van der Waals surface area (Å²) in [6, 6.07) is 5.67. The minimum atomic E-state index is -0.0167. The van der Waals surface area contributed by atoms with Crippen molar-refractivity contribution in [3.63, 3.8) is 0 Å². The Morgan fingerprint density at radius 3 is 2.84 bits per heavy atom. The molecule has 0 aromatic carbocycles. The van der Waals surface area contributed by atoms with E-state index in [4.69, 9.17) is 0 Å². The highest BCUT2D eigenvalue weighted by molar-refractivity contribution is 8.04. The van der Waals surface area contributed by atoms with E-state index in [1.54, 1.807) is 34.0 Å². The summed E-state index contributed by atoms with van der Waals surface area (Å²) in [6.07, 6.45) is 18.2. The van der Waals surface area contributed by atoms with Crippen molar-refractivity contribution in [2.24, 2.45) is 0 Å². The van der Waals surface area contributed by atoms with Gasteiger partial charge in [-0.3, -0.25) is 9.69 Å². The normalized spacial score (nSPS) is 20.3. The van der Waals surface area contributed by atoms with E-state index in [1.807, 2.05) is 54.7 Å². The molecule has 0 radical (unpaired) electrons. The number of rotatable bonds is 3. The second-order valence-corrected chi connectivity index (χ2v) is 7.40. The predicted octanol–water partition coefficient (Wildman–Crippen LogP) is 2.68. The van der Waals surface area contributed by atoms with Gasteiger partial charge < -0.3 is 0 Å². The quantitative estimate of drug-likeness (QED) is 0.358. The summed E-state index contributed by atoms with van der Waals surface area (Å²) in [4.78, 5) is 28.3. The van der Waals surface area contributed by atoms with Gasteiger partial charge in [-0.2, -0.15) is 0 Å². The summed E-state index contributed by atoms with van der Waals surface area (Å²) >= 11 is 1.45. The molecule has 0 unspecified atom stereocenters. The highest BCUT2D eigenvalue weighted by atomic mass is 32.2. The molecule has 6 heteroatoms. The number of fused-ring (bicyclic) bond motifs is 2. The van der Waals surface area contributed by atoms with Gasteiger partial charge in [0.15, 0.2) is 6.20 Å². The molecule has 0 spiro atoms. The molecule has 0 saturated carbocycles. The van der Waals surface area contributed by atoms with E-state index in [2.05, 4.69) is 0 Å². The lowest BCUT2D eigenvalue weighted by Gasteiger charge is -2.14. The molecule has 0 atom stereocenters. The van der Waals surface area contributed by atoms with Crippen LogP contribution in [0.15, 0.2) is 89.1 Å². The third-order valence-corrected chi connectivity index (χ3v) is 5.80. The molecule has 4 heterocycles. The van der Waals surface area contributed by atoms with E-state index >= 15 is 0 Å². The van der Waals surface area contributed by atoms with E-state index in [9.17, 15) is 9.59 Å². The van der Waals surface area contributed by atoms with Crippen LogP contribution in [0.4, 0.5) is 0 Å². The summed E-state index contributed by atoms with van der Waals surface area (Å²) < 4.78 is 1.64. The molecule has 122 valence electrons. The van der Waals surface area contributed by atoms with Gasteiger partial charge in [0, 0.05) is 18.3 Å². The van der Waals surface area contributed by atoms with Crippen LogP contribution in [0, 0.1) is 0 Å². The van der Waals surface area contributed by atoms with Gasteiger partial charge in [-0.25, -0.2) is 4.79 Å². The number of hydrogen-bond donors (Lipinski definition) is 0. The van der Waals surface area contributed by atoms with Crippen LogP contribution in [-0.2, 0) is 4.79 Å². The van der Waals surface area contributed by atoms with E-state index in [1.165, 1.54) is 22.7 Å². The van der Waals surface area contributed by atoms with Gasteiger partial charge in [-0.1, -0.05) is 24.3 Å². The molecule has 0 fully saturated rings. The van der Waals surface area contributed by atoms with Crippen LogP contribution < -0.4 is 4.57 Å². The number of amides is 1. The lowest BCUT2D eigenvalue weighted by atomic mass is 10.3. The van der Waals surface area contributed by atoms with E-state index in [0.717, 1.165) is 10.0 Å². The zero-order valence-electron chi connectivity index (χ0n) is 13.0. The van der Waals surface area contributed by atoms with Crippen molar-refractivity contribution in [2.45, 2.75) is 5.03 Å².